The van der Waals surface area contributed by atoms with Crippen molar-refractivity contribution in [3.63, 3.8) is 0 Å². The molecule has 0 aliphatic carbocycles. The fraction of sp³-hybridized carbons (Fsp3) is 0.227. The van der Waals surface area contributed by atoms with Gasteiger partial charge in [-0.2, -0.15) is 0 Å². The number of carbonyl (C=O) groups is 1. The van der Waals surface area contributed by atoms with Gasteiger partial charge >= 0.3 is 0 Å². The molecule has 0 saturated heterocycles. The second kappa shape index (κ2) is 6.15. The van der Waals surface area contributed by atoms with E-state index in [1.54, 1.807) is 0 Å². The van der Waals surface area contributed by atoms with Crippen LogP contribution in [-0.4, -0.2) is 19.3 Å². The number of para-hydroxylation sites is 1. The van der Waals surface area contributed by atoms with E-state index in [1.807, 2.05) is 47.4 Å². The Kier molecular flexibility index (Phi) is 3.64. The van der Waals surface area contributed by atoms with E-state index >= 15 is 0 Å². The van der Waals surface area contributed by atoms with Crippen LogP contribution in [0.1, 0.15) is 22.4 Å². The van der Waals surface area contributed by atoms with E-state index in [9.17, 15) is 4.79 Å². The number of ether oxygens (including phenoxy) is 3. The molecule has 0 bridgehead atoms. The summed E-state index contributed by atoms with van der Waals surface area (Å²) in [7, 11) is 0. The van der Waals surface area contributed by atoms with Gasteiger partial charge < -0.3 is 19.1 Å². The zero-order valence-electron chi connectivity index (χ0n) is 15.3. The third-order valence-corrected chi connectivity index (χ3v) is 7.09. The monoisotopic (exact) mass is 425 g/mol. The van der Waals surface area contributed by atoms with E-state index in [2.05, 4.69) is 6.07 Å². The molecule has 6 rings (SSSR count). The highest BCUT2D eigenvalue weighted by Gasteiger charge is 2.50. The highest BCUT2D eigenvalue weighted by atomic mass is 35.5. The number of nitrogens with zero attached hydrogens (tertiary/aromatic N) is 1. The Balaban J connectivity index is 1.48. The first-order chi connectivity index (χ1) is 14.1. The minimum absolute atomic E-state index is 0.0716. The molecule has 3 aliphatic heterocycles. The molecule has 3 aliphatic rings. The summed E-state index contributed by atoms with van der Waals surface area (Å²) in [5.41, 5.74) is 2.48. The van der Waals surface area contributed by atoms with Crippen LogP contribution < -0.4 is 19.1 Å². The first-order valence-corrected chi connectivity index (χ1v) is 10.5. The van der Waals surface area contributed by atoms with Crippen LogP contribution in [0.15, 0.2) is 48.5 Å². The van der Waals surface area contributed by atoms with Crippen LogP contribution in [0.3, 0.4) is 0 Å². The van der Waals surface area contributed by atoms with Crippen molar-refractivity contribution in [3.05, 3.63) is 68.9 Å². The number of hydrogen-bond acceptors (Lipinski definition) is 5. The van der Waals surface area contributed by atoms with Crippen molar-refractivity contribution in [2.45, 2.75) is 18.4 Å². The first kappa shape index (κ1) is 17.2. The Morgan fingerprint density at radius 1 is 1.00 bits per heavy atom. The van der Waals surface area contributed by atoms with Crippen LogP contribution in [0.5, 0.6) is 17.2 Å². The van der Waals surface area contributed by atoms with Crippen molar-refractivity contribution in [1.29, 1.82) is 0 Å². The van der Waals surface area contributed by atoms with Crippen LogP contribution in [0.2, 0.25) is 4.34 Å². The van der Waals surface area contributed by atoms with Gasteiger partial charge in [0, 0.05) is 28.6 Å². The quantitative estimate of drug-likeness (QED) is 0.594. The van der Waals surface area contributed by atoms with Crippen LogP contribution in [0.25, 0.3) is 0 Å². The molecule has 7 heteroatoms. The van der Waals surface area contributed by atoms with Crippen LogP contribution in [0, 0.1) is 0 Å². The van der Waals surface area contributed by atoms with Gasteiger partial charge in [-0.05, 0) is 29.8 Å². The molecule has 1 unspecified atom stereocenters. The molecule has 146 valence electrons. The highest BCUT2D eigenvalue weighted by Crippen LogP contribution is 2.54. The molecule has 1 spiro atoms. The minimum Gasteiger partial charge on any atom is -0.492 e. The van der Waals surface area contributed by atoms with E-state index < -0.39 is 5.41 Å². The van der Waals surface area contributed by atoms with Gasteiger partial charge in [-0.25, -0.2) is 0 Å². The van der Waals surface area contributed by atoms with Crippen molar-refractivity contribution >= 4 is 34.5 Å². The lowest BCUT2D eigenvalue weighted by Gasteiger charge is -2.39. The summed E-state index contributed by atoms with van der Waals surface area (Å²) in [5.74, 6) is 2.22. The summed E-state index contributed by atoms with van der Waals surface area (Å²) in [6.45, 7) is 1.14. The summed E-state index contributed by atoms with van der Waals surface area (Å²) in [4.78, 5) is 16.3. The van der Waals surface area contributed by atoms with Gasteiger partial charge in [-0.1, -0.05) is 29.8 Å². The average Bonchev–Trinajstić information content (AvgIpc) is 3.43. The maximum absolute atomic E-state index is 13.4. The van der Waals surface area contributed by atoms with Crippen molar-refractivity contribution in [2.24, 2.45) is 0 Å². The third kappa shape index (κ3) is 2.49. The molecule has 1 amide bonds. The summed E-state index contributed by atoms with van der Waals surface area (Å²) < 4.78 is 17.9. The Bertz CT molecular complexity index is 1160. The van der Waals surface area contributed by atoms with Crippen molar-refractivity contribution < 1.29 is 19.0 Å². The number of thiophene rings is 1. The molecule has 0 N–H and O–H groups in total. The van der Waals surface area contributed by atoms with Gasteiger partial charge in [0.25, 0.3) is 0 Å². The normalized spacial score (nSPS) is 21.3. The zero-order valence-corrected chi connectivity index (χ0v) is 16.9. The van der Waals surface area contributed by atoms with Gasteiger partial charge in [0.15, 0.2) is 11.5 Å². The number of carbonyl (C=O) groups excluding carboxylic acids is 1. The molecular weight excluding hydrogens is 410 g/mol. The smallest absolute Gasteiger partial charge is 0.231 e. The van der Waals surface area contributed by atoms with E-state index in [0.717, 1.165) is 31.8 Å². The molecule has 1 aromatic heterocycles. The van der Waals surface area contributed by atoms with Crippen LogP contribution in [-0.2, 0) is 16.8 Å². The van der Waals surface area contributed by atoms with Crippen LogP contribution in [0.4, 0.5) is 5.69 Å². The average molecular weight is 426 g/mol. The lowest BCUT2D eigenvalue weighted by molar-refractivity contribution is -0.120. The molecule has 2 aromatic carbocycles. The number of anilines is 1. The van der Waals surface area contributed by atoms with E-state index in [1.165, 1.54) is 11.3 Å². The lowest BCUT2D eigenvalue weighted by Crippen LogP contribution is -2.45. The first-order valence-electron chi connectivity index (χ1n) is 9.35. The molecule has 29 heavy (non-hydrogen) atoms. The molecule has 0 saturated carbocycles. The molecule has 5 nitrogen and oxygen atoms in total. The topological polar surface area (TPSA) is 48.0 Å². The van der Waals surface area contributed by atoms with Crippen molar-refractivity contribution in [3.8, 4) is 17.2 Å². The van der Waals surface area contributed by atoms with E-state index in [0.29, 0.717) is 31.1 Å². The van der Waals surface area contributed by atoms with Gasteiger partial charge in [-0.3, -0.25) is 4.79 Å². The van der Waals surface area contributed by atoms with Crippen molar-refractivity contribution in [1.82, 2.24) is 0 Å². The predicted octanol–water partition coefficient (Wildman–Crippen LogP) is 4.75. The van der Waals surface area contributed by atoms with Gasteiger partial charge in [0.05, 0.1) is 16.3 Å². The van der Waals surface area contributed by atoms with Crippen LogP contribution >= 0.6 is 22.9 Å². The Hall–Kier alpha value is -2.70. The van der Waals surface area contributed by atoms with Crippen molar-refractivity contribution in [2.75, 3.05) is 18.3 Å². The number of hydrogen-bond donors (Lipinski definition) is 0. The molecule has 4 heterocycles. The minimum atomic E-state index is -0.520. The molecule has 3 aromatic rings. The molecule has 0 radical (unpaired) electrons. The number of rotatable bonds is 2. The fourth-order valence-electron chi connectivity index (χ4n) is 4.53. The Morgan fingerprint density at radius 3 is 2.66 bits per heavy atom. The SMILES string of the molecule is O=C1CC2(COc3cc4c(cc32)OCO4)c2ccccc2N1Cc1ccc(Cl)s1. The van der Waals surface area contributed by atoms with Gasteiger partial charge in [0.1, 0.15) is 12.4 Å². The van der Waals surface area contributed by atoms with E-state index in [-0.39, 0.29) is 12.7 Å². The summed E-state index contributed by atoms with van der Waals surface area (Å²) in [6.07, 6.45) is 0.343. The predicted molar refractivity (Wildman–Crippen MR) is 110 cm³/mol. The molecule has 0 fully saturated rings. The standard InChI is InChI=1S/C22H16ClNO4S/c23-20-6-5-13(29-20)10-24-16-4-2-1-3-14(16)22(9-21(24)25)11-26-17-8-19-18(7-15(17)22)27-12-28-19/h1-8H,9-12H2. The second-order valence-electron chi connectivity index (χ2n) is 7.45. The fourth-order valence-corrected chi connectivity index (χ4v) is 5.60. The maximum Gasteiger partial charge on any atom is 0.231 e. The highest BCUT2D eigenvalue weighted by molar-refractivity contribution is 7.16. The zero-order chi connectivity index (χ0) is 19.6. The molecule has 1 atom stereocenters. The third-order valence-electron chi connectivity index (χ3n) is 5.87. The number of amides is 1. The maximum atomic E-state index is 13.4. The second-order valence-corrected chi connectivity index (χ2v) is 9.25. The van der Waals surface area contributed by atoms with Gasteiger partial charge in [-0.15, -0.1) is 11.3 Å². The Labute approximate surface area is 176 Å². The summed E-state index contributed by atoms with van der Waals surface area (Å²) in [6, 6.07) is 15.8. The largest absolute Gasteiger partial charge is 0.492 e. The summed E-state index contributed by atoms with van der Waals surface area (Å²) >= 11 is 7.59. The van der Waals surface area contributed by atoms with Gasteiger partial charge in [0.2, 0.25) is 12.7 Å². The summed E-state index contributed by atoms with van der Waals surface area (Å²) in [5, 5.41) is 0. The molecular formula is C22H16ClNO4S. The Morgan fingerprint density at radius 2 is 1.83 bits per heavy atom. The number of fused-ring (bicyclic) bond motifs is 5. The lowest BCUT2D eigenvalue weighted by atomic mass is 9.70. The van der Waals surface area contributed by atoms with E-state index in [4.69, 9.17) is 25.8 Å². The number of halogens is 1. The number of benzene rings is 2.